The van der Waals surface area contributed by atoms with E-state index in [0.29, 0.717) is 5.92 Å². The van der Waals surface area contributed by atoms with Crippen molar-refractivity contribution >= 4 is 10.9 Å². The van der Waals surface area contributed by atoms with E-state index < -0.39 is 0 Å². The predicted octanol–water partition coefficient (Wildman–Crippen LogP) is 4.00. The molecule has 16 heavy (non-hydrogen) atoms. The van der Waals surface area contributed by atoms with Crippen molar-refractivity contribution in [2.75, 3.05) is 0 Å². The molecule has 0 bridgehead atoms. The van der Waals surface area contributed by atoms with Gasteiger partial charge in [0.25, 0.3) is 0 Å². The molecule has 0 aliphatic rings. The van der Waals surface area contributed by atoms with Gasteiger partial charge in [0.05, 0.1) is 5.52 Å². The molecule has 0 N–H and O–H groups in total. The van der Waals surface area contributed by atoms with Gasteiger partial charge < -0.3 is 0 Å². The third kappa shape index (κ3) is 2.41. The standard InChI is InChI=1S/C15H19N/c1-4-12-5-6-13-7-8-14(9-11(2)3)16-15(13)10-12/h5-8,10-11H,4,9H2,1-3H3. The highest BCUT2D eigenvalue weighted by atomic mass is 14.7. The number of pyridine rings is 1. The molecule has 84 valence electrons. The molecule has 0 fully saturated rings. The zero-order valence-electron chi connectivity index (χ0n) is 10.3. The molecule has 0 radical (unpaired) electrons. The first-order chi connectivity index (χ1) is 7.69. The Morgan fingerprint density at radius 3 is 2.56 bits per heavy atom. The Morgan fingerprint density at radius 1 is 1.12 bits per heavy atom. The number of rotatable bonds is 3. The molecule has 0 saturated heterocycles. The van der Waals surface area contributed by atoms with Gasteiger partial charge in [-0.1, -0.05) is 39.0 Å². The molecule has 2 aromatic rings. The largest absolute Gasteiger partial charge is 0.253 e. The van der Waals surface area contributed by atoms with E-state index in [1.165, 1.54) is 16.6 Å². The van der Waals surface area contributed by atoms with Gasteiger partial charge in [0, 0.05) is 11.1 Å². The summed E-state index contributed by atoms with van der Waals surface area (Å²) in [6.45, 7) is 6.64. The number of aryl methyl sites for hydroxylation is 1. The van der Waals surface area contributed by atoms with Crippen LogP contribution >= 0.6 is 0 Å². The van der Waals surface area contributed by atoms with Gasteiger partial charge in [-0.2, -0.15) is 0 Å². The van der Waals surface area contributed by atoms with Crippen molar-refractivity contribution in [2.24, 2.45) is 5.92 Å². The van der Waals surface area contributed by atoms with Crippen LogP contribution in [0.3, 0.4) is 0 Å². The summed E-state index contributed by atoms with van der Waals surface area (Å²) in [6, 6.07) is 10.9. The van der Waals surface area contributed by atoms with Gasteiger partial charge in [0.2, 0.25) is 0 Å². The average molecular weight is 213 g/mol. The van der Waals surface area contributed by atoms with Crippen molar-refractivity contribution in [1.82, 2.24) is 4.98 Å². The first-order valence-electron chi connectivity index (χ1n) is 6.07. The van der Waals surface area contributed by atoms with Crippen LogP contribution in [0.15, 0.2) is 30.3 Å². The number of hydrogen-bond donors (Lipinski definition) is 0. The average Bonchev–Trinajstić information content (AvgIpc) is 2.27. The number of benzene rings is 1. The lowest BCUT2D eigenvalue weighted by molar-refractivity contribution is 0.637. The van der Waals surface area contributed by atoms with Crippen LogP contribution in [0, 0.1) is 5.92 Å². The van der Waals surface area contributed by atoms with Gasteiger partial charge in [0.1, 0.15) is 0 Å². The minimum absolute atomic E-state index is 0.666. The lowest BCUT2D eigenvalue weighted by Crippen LogP contribution is -1.97. The minimum atomic E-state index is 0.666. The highest BCUT2D eigenvalue weighted by Crippen LogP contribution is 2.16. The smallest absolute Gasteiger partial charge is 0.0708 e. The second-order valence-corrected chi connectivity index (χ2v) is 4.78. The van der Waals surface area contributed by atoms with Crippen LogP contribution in [-0.2, 0) is 12.8 Å². The molecule has 1 aromatic carbocycles. The fraction of sp³-hybridized carbons (Fsp3) is 0.400. The van der Waals surface area contributed by atoms with E-state index in [1.54, 1.807) is 0 Å². The van der Waals surface area contributed by atoms with Crippen LogP contribution in [0.5, 0.6) is 0 Å². The Balaban J connectivity index is 2.42. The molecule has 0 aliphatic carbocycles. The lowest BCUT2D eigenvalue weighted by atomic mass is 10.1. The maximum atomic E-state index is 4.72. The highest BCUT2D eigenvalue weighted by Gasteiger charge is 2.01. The monoisotopic (exact) mass is 213 g/mol. The van der Waals surface area contributed by atoms with Crippen LogP contribution in [0.4, 0.5) is 0 Å². The molecule has 1 aromatic heterocycles. The maximum absolute atomic E-state index is 4.72. The topological polar surface area (TPSA) is 12.9 Å². The molecule has 0 amide bonds. The Morgan fingerprint density at radius 2 is 1.88 bits per heavy atom. The summed E-state index contributed by atoms with van der Waals surface area (Å²) >= 11 is 0. The fourth-order valence-corrected chi connectivity index (χ4v) is 1.96. The Bertz CT molecular complexity index is 486. The first kappa shape index (κ1) is 11.1. The van der Waals surface area contributed by atoms with E-state index >= 15 is 0 Å². The van der Waals surface area contributed by atoms with Crippen molar-refractivity contribution in [3.05, 3.63) is 41.6 Å². The zero-order valence-corrected chi connectivity index (χ0v) is 10.3. The van der Waals surface area contributed by atoms with Crippen molar-refractivity contribution in [3.63, 3.8) is 0 Å². The summed E-state index contributed by atoms with van der Waals surface area (Å²) in [5, 5.41) is 1.24. The zero-order chi connectivity index (χ0) is 11.5. The highest BCUT2D eigenvalue weighted by molar-refractivity contribution is 5.79. The van der Waals surface area contributed by atoms with Gasteiger partial charge in [-0.15, -0.1) is 0 Å². The van der Waals surface area contributed by atoms with E-state index in [2.05, 4.69) is 51.1 Å². The SMILES string of the molecule is CCc1ccc2ccc(CC(C)C)nc2c1. The summed E-state index contributed by atoms with van der Waals surface area (Å²) < 4.78 is 0. The van der Waals surface area contributed by atoms with Crippen molar-refractivity contribution < 1.29 is 0 Å². The van der Waals surface area contributed by atoms with Crippen LogP contribution in [0.2, 0.25) is 0 Å². The second-order valence-electron chi connectivity index (χ2n) is 4.78. The third-order valence-electron chi connectivity index (χ3n) is 2.84. The maximum Gasteiger partial charge on any atom is 0.0708 e. The van der Waals surface area contributed by atoms with Gasteiger partial charge in [-0.05, 0) is 36.5 Å². The van der Waals surface area contributed by atoms with E-state index in [0.717, 1.165) is 18.4 Å². The molecule has 1 nitrogen and oxygen atoms in total. The van der Waals surface area contributed by atoms with E-state index in [9.17, 15) is 0 Å². The summed E-state index contributed by atoms with van der Waals surface area (Å²) in [5.74, 6) is 0.666. The Hall–Kier alpha value is -1.37. The molecule has 1 heteroatoms. The van der Waals surface area contributed by atoms with Gasteiger partial charge in [0.15, 0.2) is 0 Å². The van der Waals surface area contributed by atoms with E-state index in [-0.39, 0.29) is 0 Å². The molecule has 2 rings (SSSR count). The summed E-state index contributed by atoms with van der Waals surface area (Å²) in [4.78, 5) is 4.72. The number of aromatic nitrogens is 1. The molecule has 0 spiro atoms. The predicted molar refractivity (Wildman–Crippen MR) is 69.7 cm³/mol. The van der Waals surface area contributed by atoms with Crippen LogP contribution in [0.25, 0.3) is 10.9 Å². The Kier molecular flexibility index (Phi) is 3.23. The second kappa shape index (κ2) is 4.65. The quantitative estimate of drug-likeness (QED) is 0.751. The summed E-state index contributed by atoms with van der Waals surface area (Å²) in [7, 11) is 0. The van der Waals surface area contributed by atoms with Gasteiger partial charge in [-0.3, -0.25) is 4.98 Å². The molecule has 0 aliphatic heterocycles. The normalized spacial score (nSPS) is 11.2. The van der Waals surface area contributed by atoms with E-state index in [4.69, 9.17) is 4.98 Å². The van der Waals surface area contributed by atoms with Crippen LogP contribution in [-0.4, -0.2) is 4.98 Å². The number of hydrogen-bond acceptors (Lipinski definition) is 1. The van der Waals surface area contributed by atoms with Crippen LogP contribution in [0.1, 0.15) is 32.0 Å². The third-order valence-corrected chi connectivity index (χ3v) is 2.84. The van der Waals surface area contributed by atoms with Crippen molar-refractivity contribution in [2.45, 2.75) is 33.6 Å². The van der Waals surface area contributed by atoms with Crippen molar-refractivity contribution in [1.29, 1.82) is 0 Å². The first-order valence-corrected chi connectivity index (χ1v) is 6.07. The summed E-state index contributed by atoms with van der Waals surface area (Å²) in [5.41, 5.74) is 3.70. The lowest BCUT2D eigenvalue weighted by Gasteiger charge is -2.06. The molecule has 0 unspecified atom stereocenters. The number of fused-ring (bicyclic) bond motifs is 1. The molecular formula is C15H19N. The van der Waals surface area contributed by atoms with E-state index in [1.807, 2.05) is 0 Å². The minimum Gasteiger partial charge on any atom is -0.253 e. The van der Waals surface area contributed by atoms with Gasteiger partial charge >= 0.3 is 0 Å². The molecular weight excluding hydrogens is 194 g/mol. The van der Waals surface area contributed by atoms with Gasteiger partial charge in [-0.25, -0.2) is 0 Å². The fourth-order valence-electron chi connectivity index (χ4n) is 1.96. The molecule has 0 atom stereocenters. The number of nitrogens with zero attached hydrogens (tertiary/aromatic N) is 1. The summed E-state index contributed by atoms with van der Waals surface area (Å²) in [6.07, 6.45) is 2.14. The Labute approximate surface area is 97.5 Å². The van der Waals surface area contributed by atoms with Crippen LogP contribution < -0.4 is 0 Å². The molecule has 0 saturated carbocycles. The van der Waals surface area contributed by atoms with Crippen molar-refractivity contribution in [3.8, 4) is 0 Å². The molecule has 1 heterocycles.